The third-order valence-electron chi connectivity index (χ3n) is 6.05. The van der Waals surface area contributed by atoms with Crippen molar-refractivity contribution in [1.29, 1.82) is 5.41 Å². The van der Waals surface area contributed by atoms with Crippen molar-refractivity contribution in [2.45, 2.75) is 51.5 Å². The van der Waals surface area contributed by atoms with Gasteiger partial charge in [0.25, 0.3) is 5.91 Å². The van der Waals surface area contributed by atoms with Crippen molar-refractivity contribution in [3.63, 3.8) is 0 Å². The molecule has 5 amide bonds. The fourth-order valence-corrected chi connectivity index (χ4v) is 3.91. The highest BCUT2D eigenvalue weighted by Gasteiger charge is 2.49. The molecule has 13 heteroatoms. The van der Waals surface area contributed by atoms with Crippen LogP contribution in [0.15, 0.2) is 54.6 Å². The Kier molecular flexibility index (Phi) is 9.32. The molecule has 6 N–H and O–H groups in total. The first-order valence-electron chi connectivity index (χ1n) is 12.8. The molecule has 13 nitrogen and oxygen atoms in total. The fourth-order valence-electron chi connectivity index (χ4n) is 3.91. The van der Waals surface area contributed by atoms with Gasteiger partial charge in [-0.15, -0.1) is 0 Å². The van der Waals surface area contributed by atoms with Crippen molar-refractivity contribution < 1.29 is 33.4 Å². The number of hydrogen-bond acceptors (Lipinski definition) is 8. The number of ether oxygens (including phenoxy) is 2. The number of nitrogens with zero attached hydrogens (tertiary/aromatic N) is 1. The molecule has 41 heavy (non-hydrogen) atoms. The van der Waals surface area contributed by atoms with E-state index >= 15 is 0 Å². The monoisotopic (exact) mass is 566 g/mol. The maximum Gasteiger partial charge on any atom is 0.408 e. The number of carbonyl (C=O) groups is 5. The molecule has 1 aliphatic heterocycles. The van der Waals surface area contributed by atoms with Gasteiger partial charge in [-0.3, -0.25) is 19.9 Å². The van der Waals surface area contributed by atoms with E-state index in [0.29, 0.717) is 11.1 Å². The Labute approximate surface area is 237 Å². The molecule has 1 saturated heterocycles. The lowest BCUT2D eigenvalue weighted by molar-refractivity contribution is -0.157. The molecule has 2 atom stereocenters. The van der Waals surface area contributed by atoms with Crippen LogP contribution in [0.2, 0.25) is 0 Å². The Morgan fingerprint density at radius 2 is 1.71 bits per heavy atom. The number of alkyl carbamates (subject to hydrolysis) is 1. The van der Waals surface area contributed by atoms with Crippen molar-refractivity contribution in [3.8, 4) is 0 Å². The van der Waals surface area contributed by atoms with Gasteiger partial charge in [-0.2, -0.15) is 0 Å². The van der Waals surface area contributed by atoms with Crippen LogP contribution in [-0.2, 0) is 36.0 Å². The lowest BCUT2D eigenvalue weighted by Gasteiger charge is -2.25. The zero-order valence-electron chi connectivity index (χ0n) is 23.3. The van der Waals surface area contributed by atoms with Gasteiger partial charge in [0.05, 0.1) is 0 Å². The van der Waals surface area contributed by atoms with Gasteiger partial charge in [-0.1, -0.05) is 54.6 Å². The molecule has 0 bridgehead atoms. The number of imide groups is 1. The van der Waals surface area contributed by atoms with Crippen LogP contribution in [0.4, 0.5) is 9.59 Å². The molecule has 1 aliphatic rings. The summed E-state index contributed by atoms with van der Waals surface area (Å²) in [5.74, 6) is -2.38. The van der Waals surface area contributed by atoms with Gasteiger partial charge in [0, 0.05) is 12.1 Å². The maximum atomic E-state index is 13.2. The van der Waals surface area contributed by atoms with E-state index in [9.17, 15) is 24.0 Å². The summed E-state index contributed by atoms with van der Waals surface area (Å²) in [5, 5.41) is 14.9. The Hall–Kier alpha value is -4.94. The van der Waals surface area contributed by atoms with Crippen LogP contribution in [-0.4, -0.2) is 65.4 Å². The second-order valence-corrected chi connectivity index (χ2v) is 10.5. The number of nitrogen functional groups attached to an aromatic ring is 1. The minimum Gasteiger partial charge on any atom is -0.458 e. The number of rotatable bonds is 10. The van der Waals surface area contributed by atoms with E-state index in [1.54, 1.807) is 69.3 Å². The summed E-state index contributed by atoms with van der Waals surface area (Å²) in [5.41, 5.74) is 4.77. The fraction of sp³-hybridized carbons (Fsp3) is 0.357. The summed E-state index contributed by atoms with van der Waals surface area (Å²) in [6.45, 7) is 5.39. The molecular weight excluding hydrogens is 532 g/mol. The Morgan fingerprint density at radius 1 is 1.07 bits per heavy atom. The summed E-state index contributed by atoms with van der Waals surface area (Å²) in [6, 6.07) is 13.0. The van der Waals surface area contributed by atoms with E-state index in [1.807, 2.05) is 6.07 Å². The van der Waals surface area contributed by atoms with Crippen molar-refractivity contribution in [1.82, 2.24) is 20.9 Å². The topological polar surface area (TPSA) is 193 Å². The zero-order valence-corrected chi connectivity index (χ0v) is 23.3. The number of amidine groups is 1. The molecule has 0 aliphatic carbocycles. The average Bonchev–Trinajstić information content (AvgIpc) is 3.13. The van der Waals surface area contributed by atoms with Crippen molar-refractivity contribution in [2.24, 2.45) is 5.73 Å². The average molecular weight is 567 g/mol. The number of nitrogens with one attached hydrogen (secondary N) is 4. The Bertz CT molecular complexity index is 1320. The first-order chi connectivity index (χ1) is 19.2. The molecule has 0 spiro atoms. The molecule has 218 valence electrons. The van der Waals surface area contributed by atoms with Crippen molar-refractivity contribution >= 4 is 35.7 Å². The molecular formula is C28H34N6O7. The molecule has 2 aromatic rings. The van der Waals surface area contributed by atoms with E-state index in [1.165, 1.54) is 6.92 Å². The van der Waals surface area contributed by atoms with Gasteiger partial charge in [0.2, 0.25) is 5.91 Å². The quantitative estimate of drug-likeness (QED) is 0.124. The number of amides is 5. The molecule has 1 heterocycles. The third-order valence-corrected chi connectivity index (χ3v) is 6.05. The summed E-state index contributed by atoms with van der Waals surface area (Å²) in [6.07, 6.45) is -0.903. The van der Waals surface area contributed by atoms with E-state index < -0.39 is 53.6 Å². The van der Waals surface area contributed by atoms with Crippen LogP contribution >= 0.6 is 0 Å². The molecule has 1 unspecified atom stereocenters. The summed E-state index contributed by atoms with van der Waals surface area (Å²) in [7, 11) is 0. The number of urea groups is 1. The van der Waals surface area contributed by atoms with Gasteiger partial charge in [0.15, 0.2) is 0 Å². The first kappa shape index (κ1) is 30.6. The second kappa shape index (κ2) is 12.5. The second-order valence-electron chi connectivity index (χ2n) is 10.5. The van der Waals surface area contributed by atoms with E-state index in [0.717, 1.165) is 10.5 Å². The Morgan fingerprint density at radius 3 is 2.29 bits per heavy atom. The van der Waals surface area contributed by atoms with Gasteiger partial charge in [0.1, 0.15) is 36.2 Å². The van der Waals surface area contributed by atoms with E-state index in [-0.39, 0.29) is 19.0 Å². The highest BCUT2D eigenvalue weighted by molar-refractivity contribution is 6.09. The van der Waals surface area contributed by atoms with Crippen LogP contribution in [0.1, 0.15) is 44.4 Å². The standard InChI is InChI=1S/C28H34N6O7/c1-27(2,3)41-23(36)20(32-26(39)40-16-17-8-6-5-7-9-17)14-31-21(35)15-34-24(37)28(4,33-25(34)38)19-12-10-18(11-13-19)22(29)30/h5-13,20H,14-16H2,1-4H3,(H3,29,30)(H,31,35)(H,32,39)(H,33,38)/t20?,28-/m0/s1. The first-order valence-corrected chi connectivity index (χ1v) is 12.8. The largest absolute Gasteiger partial charge is 0.458 e. The van der Waals surface area contributed by atoms with Crippen LogP contribution in [0.3, 0.4) is 0 Å². The molecule has 3 rings (SSSR count). The highest BCUT2D eigenvalue weighted by atomic mass is 16.6. The highest BCUT2D eigenvalue weighted by Crippen LogP contribution is 2.29. The number of nitrogens with two attached hydrogens (primary N) is 1. The number of benzene rings is 2. The Balaban J connectivity index is 1.63. The molecule has 0 aromatic heterocycles. The smallest absolute Gasteiger partial charge is 0.408 e. The maximum absolute atomic E-state index is 13.2. The van der Waals surface area contributed by atoms with Crippen LogP contribution in [0, 0.1) is 5.41 Å². The van der Waals surface area contributed by atoms with Gasteiger partial charge in [-0.25, -0.2) is 14.4 Å². The number of hydrogen-bond donors (Lipinski definition) is 5. The minimum absolute atomic E-state index is 0.0392. The normalized spacial score (nSPS) is 17.3. The predicted octanol–water partition coefficient (Wildman–Crippen LogP) is 1.49. The molecule has 1 fully saturated rings. The SMILES string of the molecule is CC(C)(C)OC(=O)C(CNC(=O)CN1C(=O)N[C@@](C)(c2ccc(C(=N)N)cc2)C1=O)NC(=O)OCc1ccccc1. The van der Waals surface area contributed by atoms with E-state index in [4.69, 9.17) is 20.6 Å². The van der Waals surface area contributed by atoms with Crippen LogP contribution in [0.5, 0.6) is 0 Å². The zero-order chi connectivity index (χ0) is 30.4. The number of esters is 1. The molecule has 0 saturated carbocycles. The third kappa shape index (κ3) is 8.03. The lowest BCUT2D eigenvalue weighted by Crippen LogP contribution is -2.52. The van der Waals surface area contributed by atoms with Crippen molar-refractivity contribution in [2.75, 3.05) is 13.1 Å². The minimum atomic E-state index is -1.45. The molecule has 2 aromatic carbocycles. The summed E-state index contributed by atoms with van der Waals surface area (Å²) >= 11 is 0. The number of carbonyl (C=O) groups excluding carboxylic acids is 5. The van der Waals surface area contributed by atoms with Crippen LogP contribution < -0.4 is 21.7 Å². The van der Waals surface area contributed by atoms with E-state index in [2.05, 4.69) is 16.0 Å². The summed E-state index contributed by atoms with van der Waals surface area (Å²) < 4.78 is 10.5. The van der Waals surface area contributed by atoms with Gasteiger partial charge < -0.3 is 31.2 Å². The van der Waals surface area contributed by atoms with Crippen molar-refractivity contribution in [3.05, 3.63) is 71.3 Å². The van der Waals surface area contributed by atoms with Crippen LogP contribution in [0.25, 0.3) is 0 Å². The lowest BCUT2D eigenvalue weighted by atomic mass is 9.91. The van der Waals surface area contributed by atoms with Gasteiger partial charge >= 0.3 is 18.1 Å². The van der Waals surface area contributed by atoms with Gasteiger partial charge in [-0.05, 0) is 38.8 Å². The summed E-state index contributed by atoms with van der Waals surface area (Å²) in [4.78, 5) is 64.4. The molecule has 0 radical (unpaired) electrons. The predicted molar refractivity (Wildman–Crippen MR) is 147 cm³/mol.